The van der Waals surface area contributed by atoms with Crippen LogP contribution >= 0.6 is 0 Å². The van der Waals surface area contributed by atoms with Gasteiger partial charge in [0.2, 0.25) is 5.89 Å². The summed E-state index contributed by atoms with van der Waals surface area (Å²) in [5.74, 6) is 2.49. The second-order valence-electron chi connectivity index (χ2n) is 5.84. The third-order valence-electron chi connectivity index (χ3n) is 3.81. The summed E-state index contributed by atoms with van der Waals surface area (Å²) in [6, 6.07) is 8.37. The molecule has 0 radical (unpaired) electrons. The van der Waals surface area contributed by atoms with E-state index in [9.17, 15) is 0 Å². The third-order valence-corrected chi connectivity index (χ3v) is 3.81. The molecule has 0 bridgehead atoms. The highest BCUT2D eigenvalue weighted by molar-refractivity contribution is 5.56. The minimum absolute atomic E-state index is 0.229. The second-order valence-corrected chi connectivity index (χ2v) is 5.84. The Labute approximate surface area is 119 Å². The molecule has 1 aliphatic rings. The molecule has 1 atom stereocenters. The zero-order valence-corrected chi connectivity index (χ0v) is 12.1. The number of nitrogens with one attached hydrogen (secondary N) is 1. The summed E-state index contributed by atoms with van der Waals surface area (Å²) >= 11 is 0. The first-order valence-electron chi connectivity index (χ1n) is 7.39. The zero-order chi connectivity index (χ0) is 13.9. The van der Waals surface area contributed by atoms with Crippen LogP contribution in [0.5, 0.6) is 0 Å². The van der Waals surface area contributed by atoms with Crippen LogP contribution < -0.4 is 5.32 Å². The molecule has 0 fully saturated rings. The van der Waals surface area contributed by atoms with Gasteiger partial charge >= 0.3 is 0 Å². The lowest BCUT2D eigenvalue weighted by molar-refractivity contribution is 0.355. The average Bonchev–Trinajstić information content (AvgIpc) is 2.93. The average molecular weight is 271 g/mol. The molecule has 20 heavy (non-hydrogen) atoms. The number of para-hydroxylation sites is 1. The molecule has 2 heterocycles. The van der Waals surface area contributed by atoms with Crippen LogP contribution in [0.15, 0.2) is 28.8 Å². The van der Waals surface area contributed by atoms with E-state index in [4.69, 9.17) is 4.52 Å². The SMILES string of the molecule is CC(C)CCc1noc(C2CCNc3ccccc32)n1. The molecule has 0 amide bonds. The van der Waals surface area contributed by atoms with Gasteiger partial charge in [-0.3, -0.25) is 0 Å². The molecule has 4 nitrogen and oxygen atoms in total. The van der Waals surface area contributed by atoms with Crippen molar-refractivity contribution in [1.29, 1.82) is 0 Å². The lowest BCUT2D eigenvalue weighted by Crippen LogP contribution is -2.17. The number of fused-ring (bicyclic) bond motifs is 1. The standard InChI is InChI=1S/C16H21N3O/c1-11(2)7-8-15-18-16(20-19-15)13-9-10-17-14-6-4-3-5-12(13)14/h3-6,11,13,17H,7-10H2,1-2H3. The summed E-state index contributed by atoms with van der Waals surface area (Å²) in [6.07, 6.45) is 3.00. The molecule has 1 unspecified atom stereocenters. The van der Waals surface area contributed by atoms with E-state index in [0.29, 0.717) is 5.92 Å². The molecular weight excluding hydrogens is 250 g/mol. The first kappa shape index (κ1) is 13.2. The van der Waals surface area contributed by atoms with E-state index in [1.165, 1.54) is 11.3 Å². The summed E-state index contributed by atoms with van der Waals surface area (Å²) in [4.78, 5) is 4.60. The quantitative estimate of drug-likeness (QED) is 0.923. The normalized spacial score (nSPS) is 17.9. The molecule has 0 aliphatic carbocycles. The Bertz CT molecular complexity index is 577. The number of rotatable bonds is 4. The molecule has 1 aromatic heterocycles. The van der Waals surface area contributed by atoms with Gasteiger partial charge in [0.15, 0.2) is 5.82 Å². The number of aromatic nitrogens is 2. The van der Waals surface area contributed by atoms with Crippen molar-refractivity contribution in [2.45, 2.75) is 39.0 Å². The Morgan fingerprint density at radius 2 is 2.20 bits per heavy atom. The van der Waals surface area contributed by atoms with E-state index in [-0.39, 0.29) is 5.92 Å². The second kappa shape index (κ2) is 5.65. The Kier molecular flexibility index (Phi) is 3.72. The van der Waals surface area contributed by atoms with Gasteiger partial charge in [0, 0.05) is 18.7 Å². The topological polar surface area (TPSA) is 51.0 Å². The number of aryl methyl sites for hydroxylation is 1. The Morgan fingerprint density at radius 3 is 3.05 bits per heavy atom. The number of hydrogen-bond donors (Lipinski definition) is 1. The van der Waals surface area contributed by atoms with Gasteiger partial charge in [0.1, 0.15) is 0 Å². The van der Waals surface area contributed by atoms with Gasteiger partial charge in [-0.25, -0.2) is 0 Å². The molecule has 106 valence electrons. The van der Waals surface area contributed by atoms with Gasteiger partial charge in [0.05, 0.1) is 5.92 Å². The van der Waals surface area contributed by atoms with Crippen molar-refractivity contribution in [1.82, 2.24) is 10.1 Å². The lowest BCUT2D eigenvalue weighted by Gasteiger charge is -2.23. The maximum Gasteiger partial charge on any atom is 0.234 e. The maximum absolute atomic E-state index is 5.50. The van der Waals surface area contributed by atoms with Crippen molar-refractivity contribution in [3.05, 3.63) is 41.5 Å². The van der Waals surface area contributed by atoms with Gasteiger partial charge in [-0.05, 0) is 30.4 Å². The highest BCUT2D eigenvalue weighted by Crippen LogP contribution is 2.35. The molecule has 1 N–H and O–H groups in total. The molecule has 4 heteroatoms. The number of hydrogen-bond acceptors (Lipinski definition) is 4. The minimum Gasteiger partial charge on any atom is -0.385 e. The monoisotopic (exact) mass is 271 g/mol. The first-order chi connectivity index (χ1) is 9.74. The largest absolute Gasteiger partial charge is 0.385 e. The molecule has 0 saturated carbocycles. The fourth-order valence-electron chi connectivity index (χ4n) is 2.65. The van der Waals surface area contributed by atoms with Crippen LogP contribution in [-0.4, -0.2) is 16.7 Å². The number of benzene rings is 1. The predicted molar refractivity (Wildman–Crippen MR) is 78.8 cm³/mol. The third kappa shape index (κ3) is 2.69. The molecule has 3 rings (SSSR count). The highest BCUT2D eigenvalue weighted by Gasteiger charge is 2.26. The summed E-state index contributed by atoms with van der Waals surface area (Å²) in [5.41, 5.74) is 2.45. The van der Waals surface area contributed by atoms with Crippen LogP contribution in [-0.2, 0) is 6.42 Å². The van der Waals surface area contributed by atoms with Crippen LogP contribution in [0, 0.1) is 5.92 Å². The van der Waals surface area contributed by atoms with Crippen molar-refractivity contribution >= 4 is 5.69 Å². The summed E-state index contributed by atoms with van der Waals surface area (Å²) in [6.45, 7) is 5.37. The molecule has 0 saturated heterocycles. The predicted octanol–water partition coefficient (Wildman–Crippen LogP) is 3.61. The van der Waals surface area contributed by atoms with Gasteiger partial charge < -0.3 is 9.84 Å². The van der Waals surface area contributed by atoms with E-state index >= 15 is 0 Å². The molecule has 2 aromatic rings. The van der Waals surface area contributed by atoms with E-state index in [2.05, 4.69) is 53.6 Å². The van der Waals surface area contributed by atoms with E-state index in [0.717, 1.165) is 37.5 Å². The van der Waals surface area contributed by atoms with Gasteiger partial charge in [-0.1, -0.05) is 37.2 Å². The van der Waals surface area contributed by atoms with E-state index in [1.54, 1.807) is 0 Å². The van der Waals surface area contributed by atoms with Gasteiger partial charge in [-0.15, -0.1) is 0 Å². The fraction of sp³-hybridized carbons (Fsp3) is 0.500. The zero-order valence-electron chi connectivity index (χ0n) is 12.1. The molecule has 0 spiro atoms. The summed E-state index contributed by atoms with van der Waals surface area (Å²) in [5, 5.41) is 7.55. The Morgan fingerprint density at radius 1 is 1.35 bits per heavy atom. The summed E-state index contributed by atoms with van der Waals surface area (Å²) in [7, 11) is 0. The highest BCUT2D eigenvalue weighted by atomic mass is 16.5. The molecule has 1 aromatic carbocycles. The lowest BCUT2D eigenvalue weighted by atomic mass is 9.91. The first-order valence-corrected chi connectivity index (χ1v) is 7.39. The Hall–Kier alpha value is -1.84. The van der Waals surface area contributed by atoms with E-state index < -0.39 is 0 Å². The van der Waals surface area contributed by atoms with Crippen molar-refractivity contribution in [3.8, 4) is 0 Å². The van der Waals surface area contributed by atoms with Crippen LogP contribution in [0.1, 0.15) is 49.9 Å². The van der Waals surface area contributed by atoms with Crippen molar-refractivity contribution in [3.63, 3.8) is 0 Å². The number of anilines is 1. The summed E-state index contributed by atoms with van der Waals surface area (Å²) < 4.78 is 5.50. The van der Waals surface area contributed by atoms with E-state index in [1.807, 2.05) is 0 Å². The van der Waals surface area contributed by atoms with Gasteiger partial charge in [0.25, 0.3) is 0 Å². The van der Waals surface area contributed by atoms with Crippen molar-refractivity contribution in [2.24, 2.45) is 5.92 Å². The maximum atomic E-state index is 5.50. The smallest absolute Gasteiger partial charge is 0.234 e. The Balaban J connectivity index is 1.80. The fourth-order valence-corrected chi connectivity index (χ4v) is 2.65. The van der Waals surface area contributed by atoms with Crippen molar-refractivity contribution in [2.75, 3.05) is 11.9 Å². The van der Waals surface area contributed by atoms with Crippen LogP contribution in [0.2, 0.25) is 0 Å². The van der Waals surface area contributed by atoms with Crippen LogP contribution in [0.3, 0.4) is 0 Å². The molecule has 1 aliphatic heterocycles. The van der Waals surface area contributed by atoms with Crippen LogP contribution in [0.25, 0.3) is 0 Å². The van der Waals surface area contributed by atoms with Gasteiger partial charge in [-0.2, -0.15) is 4.98 Å². The van der Waals surface area contributed by atoms with Crippen LogP contribution in [0.4, 0.5) is 5.69 Å². The minimum atomic E-state index is 0.229. The molecular formula is C16H21N3O. The van der Waals surface area contributed by atoms with Crippen molar-refractivity contribution < 1.29 is 4.52 Å². The number of nitrogens with zero attached hydrogens (tertiary/aromatic N) is 2.